The maximum Gasteiger partial charge on any atom is 0.433 e. The van der Waals surface area contributed by atoms with Crippen LogP contribution in [0, 0.1) is 0 Å². The summed E-state index contributed by atoms with van der Waals surface area (Å²) in [6, 6.07) is 7.39. The van der Waals surface area contributed by atoms with E-state index in [0.717, 1.165) is 30.7 Å². The van der Waals surface area contributed by atoms with Gasteiger partial charge in [-0.25, -0.2) is 9.97 Å². The zero-order valence-electron chi connectivity index (χ0n) is 15.7. The zero-order valence-corrected chi connectivity index (χ0v) is 16.5. The highest BCUT2D eigenvalue weighted by Gasteiger charge is 2.34. The third-order valence-electron chi connectivity index (χ3n) is 4.27. The molecule has 29 heavy (non-hydrogen) atoms. The van der Waals surface area contributed by atoms with Gasteiger partial charge in [0.15, 0.2) is 5.16 Å². The first-order valence-corrected chi connectivity index (χ1v) is 9.95. The van der Waals surface area contributed by atoms with Crippen molar-refractivity contribution < 1.29 is 27.4 Å². The fraction of sp³-hybridized carbons (Fsp3) is 0.421. The smallest absolute Gasteiger partial charge is 0.433 e. The largest absolute Gasteiger partial charge is 0.497 e. The lowest BCUT2D eigenvalue weighted by atomic mass is 10.1. The standard InChI is InChI=1S/C19H20F3N3O3S/c1-27-13-6-4-12(5-7-13)15-9-16(19(20,21)22)25-18(24-15)29-11-17(26)23-10-14-3-2-8-28-14/h4-7,9,14H,2-3,8,10-11H2,1H3,(H,23,26)/t14-/m0/s1. The van der Waals surface area contributed by atoms with Crippen molar-refractivity contribution >= 4 is 17.7 Å². The average Bonchev–Trinajstić information content (AvgIpc) is 3.23. The number of alkyl halides is 3. The molecule has 1 aliphatic rings. The van der Waals surface area contributed by atoms with E-state index >= 15 is 0 Å². The van der Waals surface area contributed by atoms with E-state index in [-0.39, 0.29) is 28.6 Å². The first-order valence-electron chi connectivity index (χ1n) is 8.97. The number of aromatic nitrogens is 2. The van der Waals surface area contributed by atoms with Crippen LogP contribution >= 0.6 is 11.8 Å². The molecule has 0 saturated carbocycles. The molecule has 1 aliphatic heterocycles. The Hall–Kier alpha value is -2.33. The van der Waals surface area contributed by atoms with Gasteiger partial charge in [-0.15, -0.1) is 0 Å². The molecule has 0 radical (unpaired) electrons. The van der Waals surface area contributed by atoms with E-state index in [1.165, 1.54) is 7.11 Å². The Morgan fingerprint density at radius 3 is 2.69 bits per heavy atom. The number of ether oxygens (including phenoxy) is 2. The predicted octanol–water partition coefficient (Wildman–Crippen LogP) is 3.56. The monoisotopic (exact) mass is 427 g/mol. The maximum atomic E-state index is 13.3. The highest BCUT2D eigenvalue weighted by atomic mass is 32.2. The van der Waals surface area contributed by atoms with Crippen LogP contribution in [0.5, 0.6) is 5.75 Å². The van der Waals surface area contributed by atoms with Gasteiger partial charge in [0, 0.05) is 18.7 Å². The van der Waals surface area contributed by atoms with Crippen LogP contribution in [-0.4, -0.2) is 48.0 Å². The molecule has 1 N–H and O–H groups in total. The Kier molecular flexibility index (Phi) is 6.96. The van der Waals surface area contributed by atoms with Crippen molar-refractivity contribution in [3.63, 3.8) is 0 Å². The number of benzene rings is 1. The predicted molar refractivity (Wildman–Crippen MR) is 102 cm³/mol. The number of carbonyl (C=O) groups is 1. The minimum Gasteiger partial charge on any atom is -0.497 e. The molecule has 3 rings (SSSR count). The third-order valence-corrected chi connectivity index (χ3v) is 5.11. The van der Waals surface area contributed by atoms with Crippen molar-refractivity contribution in [2.24, 2.45) is 0 Å². The first kappa shape index (κ1) is 21.4. The summed E-state index contributed by atoms with van der Waals surface area (Å²) in [7, 11) is 1.50. The molecule has 10 heteroatoms. The highest BCUT2D eigenvalue weighted by Crippen LogP contribution is 2.32. The SMILES string of the molecule is COc1ccc(-c2cc(C(F)(F)F)nc(SCC(=O)NC[C@@H]3CCCO3)n2)cc1. The molecule has 0 aliphatic carbocycles. The number of carbonyl (C=O) groups excluding carboxylic acids is 1. The fourth-order valence-corrected chi connectivity index (χ4v) is 3.45. The topological polar surface area (TPSA) is 73.3 Å². The average molecular weight is 427 g/mol. The van der Waals surface area contributed by atoms with Crippen LogP contribution in [0.4, 0.5) is 13.2 Å². The fourth-order valence-electron chi connectivity index (χ4n) is 2.76. The summed E-state index contributed by atoms with van der Waals surface area (Å²) in [6.07, 6.45) is -2.78. The molecule has 0 unspecified atom stereocenters. The van der Waals surface area contributed by atoms with Gasteiger partial charge in [0.1, 0.15) is 11.4 Å². The first-order chi connectivity index (χ1) is 13.8. The van der Waals surface area contributed by atoms with Crippen molar-refractivity contribution in [2.45, 2.75) is 30.3 Å². The molecule has 0 bridgehead atoms. The molecule has 1 aromatic carbocycles. The number of hydrogen-bond acceptors (Lipinski definition) is 6. The summed E-state index contributed by atoms with van der Waals surface area (Å²) in [5, 5.41) is 2.61. The van der Waals surface area contributed by atoms with E-state index in [0.29, 0.717) is 24.5 Å². The molecule has 1 fully saturated rings. The molecule has 1 aromatic heterocycles. The number of methoxy groups -OCH3 is 1. The van der Waals surface area contributed by atoms with Gasteiger partial charge >= 0.3 is 6.18 Å². The van der Waals surface area contributed by atoms with Gasteiger partial charge in [-0.05, 0) is 43.2 Å². The zero-order chi connectivity index (χ0) is 20.9. The Labute approximate surface area is 170 Å². The van der Waals surface area contributed by atoms with Gasteiger partial charge < -0.3 is 14.8 Å². The molecule has 0 spiro atoms. The summed E-state index contributed by atoms with van der Waals surface area (Å²) >= 11 is 0.858. The van der Waals surface area contributed by atoms with E-state index in [2.05, 4.69) is 15.3 Å². The summed E-state index contributed by atoms with van der Waals surface area (Å²) in [5.41, 5.74) is -0.443. The number of thioether (sulfide) groups is 1. The minimum absolute atomic E-state index is 0.00423. The second-order valence-corrected chi connectivity index (χ2v) is 7.32. The third kappa shape index (κ3) is 6.07. The summed E-state index contributed by atoms with van der Waals surface area (Å²) in [6.45, 7) is 1.07. The molecule has 2 heterocycles. The summed E-state index contributed by atoms with van der Waals surface area (Å²) < 4.78 is 50.3. The van der Waals surface area contributed by atoms with Gasteiger partial charge in [0.25, 0.3) is 0 Å². The molecular formula is C19H20F3N3O3S. The molecule has 1 atom stereocenters. The van der Waals surface area contributed by atoms with E-state index < -0.39 is 11.9 Å². The Morgan fingerprint density at radius 2 is 2.07 bits per heavy atom. The van der Waals surface area contributed by atoms with Crippen molar-refractivity contribution in [2.75, 3.05) is 26.0 Å². The molecular weight excluding hydrogens is 407 g/mol. The Morgan fingerprint density at radius 1 is 1.31 bits per heavy atom. The lowest BCUT2D eigenvalue weighted by Gasteiger charge is -2.12. The maximum absolute atomic E-state index is 13.3. The van der Waals surface area contributed by atoms with Crippen LogP contribution in [0.15, 0.2) is 35.5 Å². The minimum atomic E-state index is -4.62. The quantitative estimate of drug-likeness (QED) is 0.538. The van der Waals surface area contributed by atoms with Crippen LogP contribution in [0.25, 0.3) is 11.3 Å². The van der Waals surface area contributed by atoms with Gasteiger partial charge in [-0.3, -0.25) is 4.79 Å². The highest BCUT2D eigenvalue weighted by molar-refractivity contribution is 7.99. The van der Waals surface area contributed by atoms with Crippen molar-refractivity contribution in [1.29, 1.82) is 0 Å². The van der Waals surface area contributed by atoms with E-state index in [9.17, 15) is 18.0 Å². The van der Waals surface area contributed by atoms with Crippen molar-refractivity contribution in [3.8, 4) is 17.0 Å². The molecule has 156 valence electrons. The second-order valence-electron chi connectivity index (χ2n) is 6.38. The van der Waals surface area contributed by atoms with Crippen LogP contribution in [-0.2, 0) is 15.7 Å². The van der Waals surface area contributed by atoms with Gasteiger partial charge in [-0.1, -0.05) is 11.8 Å². The van der Waals surface area contributed by atoms with Crippen LogP contribution in [0.1, 0.15) is 18.5 Å². The number of nitrogens with zero attached hydrogens (tertiary/aromatic N) is 2. The van der Waals surface area contributed by atoms with E-state index in [4.69, 9.17) is 9.47 Å². The Bertz CT molecular complexity index is 841. The van der Waals surface area contributed by atoms with Gasteiger partial charge in [-0.2, -0.15) is 13.2 Å². The number of amides is 1. The Balaban J connectivity index is 1.71. The lowest BCUT2D eigenvalue weighted by molar-refractivity contribution is -0.141. The number of halogens is 3. The van der Waals surface area contributed by atoms with Crippen molar-refractivity contribution in [1.82, 2.24) is 15.3 Å². The number of rotatable bonds is 7. The normalized spacial score (nSPS) is 16.6. The second kappa shape index (κ2) is 9.45. The molecule has 1 saturated heterocycles. The van der Waals surface area contributed by atoms with Crippen LogP contribution in [0.2, 0.25) is 0 Å². The van der Waals surface area contributed by atoms with Crippen molar-refractivity contribution in [3.05, 3.63) is 36.0 Å². The summed E-state index contributed by atoms with van der Waals surface area (Å²) in [5.74, 6) is 0.185. The molecule has 6 nitrogen and oxygen atoms in total. The van der Waals surface area contributed by atoms with E-state index in [1.54, 1.807) is 24.3 Å². The number of hydrogen-bond donors (Lipinski definition) is 1. The van der Waals surface area contributed by atoms with Gasteiger partial charge in [0.05, 0.1) is 24.7 Å². The van der Waals surface area contributed by atoms with Gasteiger partial charge in [0.2, 0.25) is 5.91 Å². The van der Waals surface area contributed by atoms with Crippen LogP contribution < -0.4 is 10.1 Å². The lowest BCUT2D eigenvalue weighted by Crippen LogP contribution is -2.32. The van der Waals surface area contributed by atoms with Crippen LogP contribution in [0.3, 0.4) is 0 Å². The van der Waals surface area contributed by atoms with E-state index in [1.807, 2.05) is 0 Å². The summed E-state index contributed by atoms with van der Waals surface area (Å²) in [4.78, 5) is 19.8. The number of nitrogens with one attached hydrogen (secondary N) is 1. The molecule has 1 amide bonds. The molecule has 2 aromatic rings.